The molecular weight excluding hydrogens is 562 g/mol. The fourth-order valence-electron chi connectivity index (χ4n) is 7.02. The number of nitrogens with one attached hydrogen (secondary N) is 1. The van der Waals surface area contributed by atoms with Crippen LogP contribution in [0.4, 0.5) is 0 Å². The number of fused-ring (bicyclic) bond motifs is 15. The van der Waals surface area contributed by atoms with E-state index in [0.717, 1.165) is 78.0 Å². The summed E-state index contributed by atoms with van der Waals surface area (Å²) in [6.45, 7) is 13.7. The molecule has 4 aromatic carbocycles. The van der Waals surface area contributed by atoms with Crippen LogP contribution in [0.1, 0.15) is 52.7 Å². The summed E-state index contributed by atoms with van der Waals surface area (Å²) in [6.07, 6.45) is 0. The van der Waals surface area contributed by atoms with E-state index in [2.05, 4.69) is 131 Å². The zero-order chi connectivity index (χ0) is 31.5. The lowest BCUT2D eigenvalue weighted by Crippen LogP contribution is -2.11. The normalized spacial score (nSPS) is 13.0. The van der Waals surface area contributed by atoms with Crippen LogP contribution in [-0.2, 0) is 10.8 Å². The zero-order valence-corrected chi connectivity index (χ0v) is 27.0. The second-order valence-corrected chi connectivity index (χ2v) is 14.8. The largest absolute Gasteiger partial charge is 0.455 e. The minimum absolute atomic E-state index is 0.0459. The number of nitrogens with zero attached hydrogens (tertiary/aromatic N) is 2. The Labute approximate surface area is 268 Å². The van der Waals surface area contributed by atoms with E-state index in [0.29, 0.717) is 0 Å². The molecule has 4 nitrogen and oxygen atoms in total. The molecule has 1 aliphatic heterocycles. The van der Waals surface area contributed by atoms with E-state index < -0.39 is 0 Å². The van der Waals surface area contributed by atoms with Gasteiger partial charge < -0.3 is 9.40 Å². The van der Waals surface area contributed by atoms with Gasteiger partial charge in [0.2, 0.25) is 0 Å². The molecule has 1 aliphatic rings. The van der Waals surface area contributed by atoms with Gasteiger partial charge in [0, 0.05) is 43.8 Å². The van der Waals surface area contributed by atoms with Crippen molar-refractivity contribution >= 4 is 43.7 Å². The molecule has 0 fully saturated rings. The molecule has 0 atom stereocenters. The SMILES string of the molecule is CC(C)(C)c1cc2c3[nH]c4c(cc(C(C)(C)C)cc4c3c1)-c1cccc(n1)-c1cc(cc3c1oc1ccccc13)-c1cccc-2n1. The Kier molecular flexibility index (Phi) is 5.41. The van der Waals surface area contributed by atoms with Crippen LogP contribution < -0.4 is 0 Å². The third kappa shape index (κ3) is 3.99. The number of aromatic amines is 1. The summed E-state index contributed by atoms with van der Waals surface area (Å²) in [6, 6.07) is 34.8. The van der Waals surface area contributed by atoms with E-state index in [1.165, 1.54) is 21.9 Å². The average Bonchev–Trinajstić information content (AvgIpc) is 3.61. The first-order valence-corrected chi connectivity index (χ1v) is 16.1. The molecule has 4 heteroatoms. The van der Waals surface area contributed by atoms with Gasteiger partial charge in [0.25, 0.3) is 0 Å². The fraction of sp³-hybridized carbons (Fsp3) is 0.190. The van der Waals surface area contributed by atoms with Crippen LogP contribution in [0.3, 0.4) is 0 Å². The molecule has 46 heavy (non-hydrogen) atoms. The first-order valence-electron chi connectivity index (χ1n) is 16.1. The van der Waals surface area contributed by atoms with Crippen LogP contribution in [0.25, 0.3) is 88.8 Å². The molecule has 8 aromatic rings. The molecule has 0 amide bonds. The lowest BCUT2D eigenvalue weighted by Gasteiger charge is -2.21. The van der Waals surface area contributed by atoms with Gasteiger partial charge in [-0.1, -0.05) is 71.9 Å². The monoisotopic (exact) mass is 597 g/mol. The van der Waals surface area contributed by atoms with Gasteiger partial charge in [-0.25, -0.2) is 9.97 Å². The standard InChI is InChI=1S/C42H35N3O/c1-41(2,3)24-19-27-28-20-25(42(4,5)6)22-31-35-14-10-15-36(44-35)32-18-23(17-29-26-11-7-8-16-37(26)46-40(29)32)33-12-9-13-34(43-33)30(21-24)38(27)45-39(28)31/h7-22,45H,1-6H3. The van der Waals surface area contributed by atoms with Gasteiger partial charge in [0.05, 0.1) is 33.8 Å². The number of hydrogen-bond donors (Lipinski definition) is 1. The van der Waals surface area contributed by atoms with Gasteiger partial charge in [0.15, 0.2) is 0 Å². The van der Waals surface area contributed by atoms with Crippen LogP contribution in [0.15, 0.2) is 101 Å². The first-order chi connectivity index (χ1) is 22.0. The van der Waals surface area contributed by atoms with Crippen molar-refractivity contribution in [3.05, 3.63) is 108 Å². The van der Waals surface area contributed by atoms with E-state index in [-0.39, 0.29) is 10.8 Å². The molecule has 0 saturated carbocycles. The van der Waals surface area contributed by atoms with Crippen LogP contribution >= 0.6 is 0 Å². The number of para-hydroxylation sites is 1. The van der Waals surface area contributed by atoms with E-state index in [1.54, 1.807) is 0 Å². The quantitative estimate of drug-likeness (QED) is 0.189. The number of rotatable bonds is 0. The Morgan fingerprint density at radius 2 is 1.04 bits per heavy atom. The minimum Gasteiger partial charge on any atom is -0.455 e. The van der Waals surface area contributed by atoms with Crippen molar-refractivity contribution in [1.29, 1.82) is 0 Å². The number of aromatic nitrogens is 3. The molecule has 4 aromatic heterocycles. The van der Waals surface area contributed by atoms with E-state index in [1.807, 2.05) is 12.1 Å². The van der Waals surface area contributed by atoms with Gasteiger partial charge in [0.1, 0.15) is 11.2 Å². The highest BCUT2D eigenvalue weighted by Gasteiger charge is 2.25. The lowest BCUT2D eigenvalue weighted by atomic mass is 9.83. The first kappa shape index (κ1) is 27.1. The summed E-state index contributed by atoms with van der Waals surface area (Å²) in [7, 11) is 0. The van der Waals surface area contributed by atoms with Crippen LogP contribution in [0, 0.1) is 0 Å². The second kappa shape index (κ2) is 9.17. The summed E-state index contributed by atoms with van der Waals surface area (Å²) < 4.78 is 6.55. The van der Waals surface area contributed by atoms with Gasteiger partial charge >= 0.3 is 0 Å². The maximum absolute atomic E-state index is 6.55. The second-order valence-electron chi connectivity index (χ2n) is 14.8. The maximum Gasteiger partial charge on any atom is 0.144 e. The molecule has 224 valence electrons. The van der Waals surface area contributed by atoms with Crippen molar-refractivity contribution in [2.24, 2.45) is 0 Å². The van der Waals surface area contributed by atoms with Crippen molar-refractivity contribution in [1.82, 2.24) is 15.0 Å². The molecule has 0 aliphatic carbocycles. The third-order valence-electron chi connectivity index (χ3n) is 9.65. The van der Waals surface area contributed by atoms with Crippen LogP contribution in [0.2, 0.25) is 0 Å². The maximum atomic E-state index is 6.55. The summed E-state index contributed by atoms with van der Waals surface area (Å²) in [5.41, 5.74) is 14.2. The number of pyridine rings is 2. The number of hydrogen-bond acceptors (Lipinski definition) is 3. The van der Waals surface area contributed by atoms with Crippen molar-refractivity contribution in [2.45, 2.75) is 52.4 Å². The number of H-pyrrole nitrogens is 1. The molecule has 0 radical (unpaired) electrons. The van der Waals surface area contributed by atoms with Gasteiger partial charge in [-0.3, -0.25) is 0 Å². The molecule has 9 rings (SSSR count). The van der Waals surface area contributed by atoms with Gasteiger partial charge in [-0.15, -0.1) is 0 Å². The Balaban J connectivity index is 1.50. The summed E-state index contributed by atoms with van der Waals surface area (Å²) in [4.78, 5) is 14.6. The lowest BCUT2D eigenvalue weighted by molar-refractivity contribution is 0.590. The van der Waals surface area contributed by atoms with Crippen LogP contribution in [0.5, 0.6) is 0 Å². The highest BCUT2D eigenvalue weighted by atomic mass is 16.3. The number of benzene rings is 4. The number of furan rings is 1. The zero-order valence-electron chi connectivity index (χ0n) is 27.0. The predicted molar refractivity (Wildman–Crippen MR) is 191 cm³/mol. The highest BCUT2D eigenvalue weighted by Crippen LogP contribution is 2.44. The van der Waals surface area contributed by atoms with Crippen molar-refractivity contribution in [3.63, 3.8) is 0 Å². The van der Waals surface area contributed by atoms with Gasteiger partial charge in [-0.2, -0.15) is 0 Å². The molecular formula is C42H35N3O. The minimum atomic E-state index is -0.0534. The average molecular weight is 598 g/mol. The molecule has 1 N–H and O–H groups in total. The topological polar surface area (TPSA) is 54.7 Å². The molecule has 5 heterocycles. The molecule has 0 spiro atoms. The summed E-state index contributed by atoms with van der Waals surface area (Å²) >= 11 is 0. The van der Waals surface area contributed by atoms with Crippen molar-refractivity contribution < 1.29 is 4.42 Å². The van der Waals surface area contributed by atoms with Crippen molar-refractivity contribution in [2.75, 3.05) is 0 Å². The Hall–Kier alpha value is -5.22. The van der Waals surface area contributed by atoms with E-state index in [4.69, 9.17) is 14.4 Å². The highest BCUT2D eigenvalue weighted by molar-refractivity contribution is 6.16. The van der Waals surface area contributed by atoms with E-state index in [9.17, 15) is 0 Å². The fourth-order valence-corrected chi connectivity index (χ4v) is 7.02. The Morgan fingerprint density at radius 3 is 1.65 bits per heavy atom. The molecule has 0 unspecified atom stereocenters. The van der Waals surface area contributed by atoms with E-state index >= 15 is 0 Å². The van der Waals surface area contributed by atoms with Gasteiger partial charge in [-0.05, 0) is 88.7 Å². The van der Waals surface area contributed by atoms with Crippen LogP contribution in [-0.4, -0.2) is 15.0 Å². The van der Waals surface area contributed by atoms with Crippen molar-refractivity contribution in [3.8, 4) is 45.0 Å². The summed E-state index contributed by atoms with van der Waals surface area (Å²) in [5.74, 6) is 0. The molecule has 0 saturated heterocycles. The predicted octanol–water partition coefficient (Wildman–Crippen LogP) is 11.6. The summed E-state index contributed by atoms with van der Waals surface area (Å²) in [5, 5.41) is 4.58. The third-order valence-corrected chi connectivity index (χ3v) is 9.65. The Bertz CT molecular complexity index is 2550. The Morgan fingerprint density at radius 1 is 0.500 bits per heavy atom. The smallest absolute Gasteiger partial charge is 0.144 e. The molecule has 8 bridgehead atoms.